The largest absolute Gasteiger partial charge is 0.496 e. The van der Waals surface area contributed by atoms with Crippen LogP contribution in [0.4, 0.5) is 0 Å². The van der Waals surface area contributed by atoms with Crippen LogP contribution in [0.15, 0.2) is 170 Å². The molecule has 0 radical (unpaired) electrons. The van der Waals surface area contributed by atoms with E-state index in [1.54, 1.807) is 7.11 Å². The van der Waals surface area contributed by atoms with E-state index < -0.39 is 5.89 Å². The van der Waals surface area contributed by atoms with E-state index in [4.69, 9.17) is 14.7 Å². The molecule has 62 heavy (non-hydrogen) atoms. The maximum absolute atomic E-state index is 9.45. The minimum atomic E-state index is -0.887. The molecule has 0 saturated carbocycles. The van der Waals surface area contributed by atoms with Gasteiger partial charge in [0.1, 0.15) is 11.6 Å². The minimum Gasteiger partial charge on any atom is -0.496 e. The predicted octanol–water partition coefficient (Wildman–Crippen LogP) is 15.5. The average molecular weight is 809 g/mol. The summed E-state index contributed by atoms with van der Waals surface area (Å²) in [6.45, 7) is 15.0. The first-order valence-corrected chi connectivity index (χ1v) is 21.4. The van der Waals surface area contributed by atoms with Crippen molar-refractivity contribution >= 4 is 11.0 Å². The lowest BCUT2D eigenvalue weighted by molar-refractivity contribution is 0.413. The summed E-state index contributed by atoms with van der Waals surface area (Å²) >= 11 is 0. The number of aromatic nitrogens is 3. The van der Waals surface area contributed by atoms with Crippen molar-refractivity contribution in [1.82, 2.24) is 14.5 Å². The zero-order valence-corrected chi connectivity index (χ0v) is 36.9. The molecular weight excluding hydrogens is 755 g/mol. The zero-order chi connectivity index (χ0) is 44.0. The number of rotatable bonds is 9. The first-order chi connectivity index (χ1) is 30.3. The van der Waals surface area contributed by atoms with Gasteiger partial charge < -0.3 is 4.74 Å². The third-order valence-electron chi connectivity index (χ3n) is 11.9. The van der Waals surface area contributed by atoms with Gasteiger partial charge in [-0.15, -0.1) is 0 Å². The summed E-state index contributed by atoms with van der Waals surface area (Å²) in [5, 5.41) is 0. The molecule has 0 aliphatic rings. The number of hydrogen-bond acceptors (Lipinski definition) is 3. The number of methoxy groups -OCH3 is 1. The Hall–Kier alpha value is -7.04. The van der Waals surface area contributed by atoms with Crippen LogP contribution in [0.1, 0.15) is 64.1 Å². The Morgan fingerprint density at radius 2 is 1.23 bits per heavy atom. The van der Waals surface area contributed by atoms with Crippen molar-refractivity contribution in [3.63, 3.8) is 0 Å². The van der Waals surface area contributed by atoms with Crippen LogP contribution in [-0.4, -0.2) is 21.6 Å². The smallest absolute Gasteiger partial charge is 0.149 e. The van der Waals surface area contributed by atoms with E-state index in [0.717, 1.165) is 106 Å². The van der Waals surface area contributed by atoms with Crippen molar-refractivity contribution in [3.05, 3.63) is 192 Å². The van der Waals surface area contributed by atoms with Gasteiger partial charge >= 0.3 is 0 Å². The number of pyridine rings is 1. The maximum Gasteiger partial charge on any atom is 0.149 e. The molecule has 9 aromatic rings. The van der Waals surface area contributed by atoms with Gasteiger partial charge in [-0.3, -0.25) is 9.55 Å². The second-order valence-corrected chi connectivity index (χ2v) is 17.6. The number of ether oxygens (including phenoxy) is 1. The van der Waals surface area contributed by atoms with Crippen molar-refractivity contribution in [2.45, 2.75) is 59.8 Å². The molecule has 0 fully saturated rings. The van der Waals surface area contributed by atoms with Gasteiger partial charge in [-0.2, -0.15) is 0 Å². The van der Waals surface area contributed by atoms with Crippen LogP contribution in [0, 0.1) is 13.8 Å². The number of benzene rings is 7. The van der Waals surface area contributed by atoms with E-state index in [1.807, 2.05) is 32.2 Å². The van der Waals surface area contributed by atoms with Gasteiger partial charge in [0, 0.05) is 24.3 Å². The molecule has 0 aliphatic carbocycles. The number of hydrogen-bond donors (Lipinski definition) is 0. The zero-order valence-electron chi connectivity index (χ0n) is 37.9. The summed E-state index contributed by atoms with van der Waals surface area (Å²) in [6, 6.07) is 58.0. The molecule has 4 heteroatoms. The normalized spacial score (nSPS) is 12.1. The fourth-order valence-corrected chi connectivity index (χ4v) is 8.80. The molecular formula is C58H53N3O. The second-order valence-electron chi connectivity index (χ2n) is 17.6. The van der Waals surface area contributed by atoms with E-state index in [1.165, 1.54) is 5.56 Å². The lowest BCUT2D eigenvalue weighted by Gasteiger charge is -2.22. The second kappa shape index (κ2) is 16.4. The van der Waals surface area contributed by atoms with Crippen LogP contribution >= 0.6 is 0 Å². The number of aryl methyl sites for hydroxylation is 2. The minimum absolute atomic E-state index is 0.140. The molecule has 4 nitrogen and oxygen atoms in total. The molecule has 2 heterocycles. The quantitative estimate of drug-likeness (QED) is 0.146. The van der Waals surface area contributed by atoms with Crippen molar-refractivity contribution in [1.29, 1.82) is 0 Å². The molecule has 0 bridgehead atoms. The highest BCUT2D eigenvalue weighted by atomic mass is 16.5. The van der Waals surface area contributed by atoms with Gasteiger partial charge in [-0.1, -0.05) is 150 Å². The fourth-order valence-electron chi connectivity index (χ4n) is 8.80. The predicted molar refractivity (Wildman–Crippen MR) is 260 cm³/mol. The number of para-hydroxylation sites is 1. The van der Waals surface area contributed by atoms with Gasteiger partial charge in [-0.25, -0.2) is 4.98 Å². The van der Waals surface area contributed by atoms with E-state index in [2.05, 4.69) is 191 Å². The molecule has 0 unspecified atom stereocenters. The Kier molecular flexibility index (Phi) is 10.4. The van der Waals surface area contributed by atoms with Crippen LogP contribution in [0.3, 0.4) is 0 Å². The van der Waals surface area contributed by atoms with E-state index in [-0.39, 0.29) is 5.41 Å². The highest BCUT2D eigenvalue weighted by molar-refractivity contribution is 5.98. The summed E-state index contributed by atoms with van der Waals surface area (Å²) < 4.78 is 18.0. The van der Waals surface area contributed by atoms with E-state index >= 15 is 0 Å². The number of nitrogens with zero attached hydrogens (tertiary/aromatic N) is 3. The Balaban J connectivity index is 1.38. The van der Waals surface area contributed by atoms with Crippen LogP contribution < -0.4 is 4.74 Å². The monoisotopic (exact) mass is 808 g/mol. The van der Waals surface area contributed by atoms with E-state index in [0.29, 0.717) is 0 Å². The molecule has 0 spiro atoms. The van der Waals surface area contributed by atoms with Crippen molar-refractivity contribution in [2.24, 2.45) is 0 Å². The molecule has 0 saturated heterocycles. The molecule has 7 aromatic carbocycles. The first kappa shape index (κ1) is 39.1. The molecule has 0 aliphatic heterocycles. The molecule has 0 atom stereocenters. The summed E-state index contributed by atoms with van der Waals surface area (Å²) in [6.07, 6.45) is 1.91. The lowest BCUT2D eigenvalue weighted by atomic mass is 9.83. The molecule has 306 valence electrons. The average Bonchev–Trinajstić information content (AvgIpc) is 3.68. The standard InChI is InChI=1S/C58H53N3O/c1-37(2)48-35-50(42-23-16-11-17-24-42)54(36-49(48)41-21-14-10-15-22-41)61-53-26-18-25-47(55(53)60-57(61)51-30-38(3)29-39(4)56(51)62-8)44-31-45(33-46(32-44)58(5,6)7)52-34-43(27-28-59-52)40-19-12-9-13-20-40/h9-37H,1-8H3/i37D. The van der Waals surface area contributed by atoms with Gasteiger partial charge in [-0.05, 0) is 129 Å². The molecule has 0 amide bonds. The Labute approximate surface area is 368 Å². The van der Waals surface area contributed by atoms with Crippen LogP contribution in [-0.2, 0) is 5.41 Å². The third kappa shape index (κ3) is 7.62. The Morgan fingerprint density at radius 3 is 1.87 bits per heavy atom. The molecule has 9 rings (SSSR count). The van der Waals surface area contributed by atoms with Crippen LogP contribution in [0.5, 0.6) is 5.75 Å². The highest BCUT2D eigenvalue weighted by Crippen LogP contribution is 2.45. The summed E-state index contributed by atoms with van der Waals surface area (Å²) in [5.74, 6) is 0.677. The maximum atomic E-state index is 9.45. The lowest BCUT2D eigenvalue weighted by Crippen LogP contribution is -2.11. The first-order valence-electron chi connectivity index (χ1n) is 21.9. The molecule has 2 aromatic heterocycles. The fraction of sp³-hybridized carbons (Fsp3) is 0.172. The topological polar surface area (TPSA) is 39.9 Å². The Morgan fingerprint density at radius 1 is 0.581 bits per heavy atom. The van der Waals surface area contributed by atoms with Crippen LogP contribution in [0.2, 0.25) is 0 Å². The third-order valence-corrected chi connectivity index (χ3v) is 11.9. The van der Waals surface area contributed by atoms with Crippen molar-refractivity contribution < 1.29 is 6.11 Å². The highest BCUT2D eigenvalue weighted by Gasteiger charge is 2.26. The van der Waals surface area contributed by atoms with Gasteiger partial charge in [0.15, 0.2) is 0 Å². The summed E-state index contributed by atoms with van der Waals surface area (Å²) in [5.41, 5.74) is 18.4. The summed E-state index contributed by atoms with van der Waals surface area (Å²) in [4.78, 5) is 10.7. The van der Waals surface area contributed by atoms with Gasteiger partial charge in [0.25, 0.3) is 0 Å². The van der Waals surface area contributed by atoms with Gasteiger partial charge in [0.2, 0.25) is 0 Å². The number of imidazole rings is 1. The van der Waals surface area contributed by atoms with Crippen molar-refractivity contribution in [2.75, 3.05) is 7.11 Å². The van der Waals surface area contributed by atoms with Crippen LogP contribution in [0.25, 0.3) is 83.9 Å². The SMILES string of the molecule is [2H]C(C)(C)c1cc(-c2ccccc2)c(-n2c(-c3cc(C)cc(C)c3OC)nc3c(-c4cc(-c5cc(-c6ccccc6)ccn5)cc(C(C)(C)C)c4)cccc32)cc1-c1ccccc1. The van der Waals surface area contributed by atoms with E-state index in [9.17, 15) is 1.37 Å². The Bertz CT molecular complexity index is 3120. The summed E-state index contributed by atoms with van der Waals surface area (Å²) in [7, 11) is 1.74. The van der Waals surface area contributed by atoms with Crippen molar-refractivity contribution in [3.8, 4) is 78.6 Å². The molecule has 0 N–H and O–H groups in total. The van der Waals surface area contributed by atoms with Gasteiger partial charge in [0.05, 0.1) is 35.1 Å². The number of fused-ring (bicyclic) bond motifs is 1.